The van der Waals surface area contributed by atoms with E-state index in [0.29, 0.717) is 11.4 Å². The second-order valence-corrected chi connectivity index (χ2v) is 22.4. The number of pyridine rings is 1. The first-order valence-corrected chi connectivity index (χ1v) is 26.0. The van der Waals surface area contributed by atoms with Gasteiger partial charge in [-0.15, -0.1) is 23.8 Å². The van der Waals surface area contributed by atoms with Crippen molar-refractivity contribution in [1.82, 2.24) is 14.5 Å². The molecule has 378 valence electrons. The van der Waals surface area contributed by atoms with Crippen LogP contribution in [0.2, 0.25) is 0 Å². The number of hydrogen-bond acceptors (Lipinski definition) is 3. The number of aromatic hydroxyl groups is 1. The summed E-state index contributed by atoms with van der Waals surface area (Å²) in [6.45, 7) is 18.0. The molecule has 1 N–H and O–H groups in total. The Balaban J connectivity index is 0.00000657. The van der Waals surface area contributed by atoms with Crippen LogP contribution in [0, 0.1) is 6.07 Å². The fourth-order valence-electron chi connectivity index (χ4n) is 10.4. The summed E-state index contributed by atoms with van der Waals surface area (Å²) in [5.41, 5.74) is 19.3. The zero-order valence-corrected chi connectivity index (χ0v) is 46.7. The van der Waals surface area contributed by atoms with Crippen LogP contribution in [0.5, 0.6) is 5.75 Å². The van der Waals surface area contributed by atoms with Gasteiger partial charge in [-0.3, -0.25) is 9.55 Å². The smallest absolute Gasteiger partial charge is 0.148 e. The van der Waals surface area contributed by atoms with E-state index in [1.54, 1.807) is 0 Å². The van der Waals surface area contributed by atoms with E-state index in [1.165, 1.54) is 16.7 Å². The van der Waals surface area contributed by atoms with Gasteiger partial charge in [0.2, 0.25) is 0 Å². The van der Waals surface area contributed by atoms with Gasteiger partial charge in [-0.05, 0) is 97.3 Å². The average Bonchev–Trinajstić information content (AvgIpc) is 3.86. The molecule has 0 bridgehead atoms. The summed E-state index contributed by atoms with van der Waals surface area (Å²) in [6.07, 6.45) is 1.91. The molecule has 4 nitrogen and oxygen atoms in total. The van der Waals surface area contributed by atoms with Crippen LogP contribution in [0.1, 0.15) is 77.6 Å². The fourth-order valence-corrected chi connectivity index (χ4v) is 10.4. The molecule has 0 saturated carbocycles. The van der Waals surface area contributed by atoms with Crippen molar-refractivity contribution < 1.29 is 26.2 Å². The number of rotatable bonds is 10. The number of fused-ring (bicyclic) bond motifs is 1. The van der Waals surface area contributed by atoms with Crippen molar-refractivity contribution in [3.05, 3.63) is 253 Å². The van der Waals surface area contributed by atoms with Gasteiger partial charge in [-0.2, -0.15) is 0 Å². The Kier molecular flexibility index (Phi) is 14.0. The first kappa shape index (κ1) is 51.6. The Morgan fingerprint density at radius 2 is 0.947 bits per heavy atom. The Morgan fingerprint density at radius 1 is 0.408 bits per heavy atom. The third kappa shape index (κ3) is 10.0. The van der Waals surface area contributed by atoms with Crippen molar-refractivity contribution in [3.8, 4) is 89.7 Å². The van der Waals surface area contributed by atoms with E-state index in [-0.39, 0.29) is 43.1 Å². The van der Waals surface area contributed by atoms with E-state index in [1.807, 2.05) is 24.4 Å². The quantitative estimate of drug-likeness (QED) is 0.139. The van der Waals surface area contributed by atoms with Crippen LogP contribution in [0.4, 0.5) is 0 Å². The zero-order valence-electron chi connectivity index (χ0n) is 44.5. The number of nitrogens with zero attached hydrogens (tertiary/aromatic N) is 3. The summed E-state index contributed by atoms with van der Waals surface area (Å²) in [5, 5.41) is 12.8. The standard InChI is InChI=1S/C71H62N3O.Pt/c1-69(2,3)56-35-36-64(60(44-56)48-25-15-10-16-26-48)74-65-34-22-33-59(66(65)73-68(74)62-46-58(70(4,5)6)45-61(67(62)75)49-27-17-11-18-28-49)53-39-52(47-23-13-9-14-24-47)40-54(41-53)63-43-51(37-38-72-63)50-29-21-32-57(42-50)71(7,8)55-30-19-12-20-31-55;/h9-40,42-46,75H,1-8H3;/q-1;. The third-order valence-corrected chi connectivity index (χ3v) is 14.9. The molecule has 0 amide bonds. The van der Waals surface area contributed by atoms with Crippen LogP contribution in [0.25, 0.3) is 95.0 Å². The summed E-state index contributed by atoms with van der Waals surface area (Å²) >= 11 is 0. The Bertz CT molecular complexity index is 3870. The monoisotopic (exact) mass is 1170 g/mol. The van der Waals surface area contributed by atoms with Gasteiger partial charge < -0.3 is 5.11 Å². The van der Waals surface area contributed by atoms with Crippen LogP contribution in [-0.4, -0.2) is 19.6 Å². The first-order valence-electron chi connectivity index (χ1n) is 26.0. The molecule has 9 aromatic carbocycles. The van der Waals surface area contributed by atoms with E-state index in [2.05, 4.69) is 266 Å². The van der Waals surface area contributed by atoms with Gasteiger partial charge in [-0.1, -0.05) is 242 Å². The second kappa shape index (κ2) is 20.7. The molecule has 5 heteroatoms. The normalized spacial score (nSPS) is 11.9. The number of phenols is 1. The predicted octanol–water partition coefficient (Wildman–Crippen LogP) is 18.5. The molecule has 76 heavy (non-hydrogen) atoms. The van der Waals surface area contributed by atoms with Crippen molar-refractivity contribution in [2.75, 3.05) is 0 Å². The molecule has 0 saturated heterocycles. The van der Waals surface area contributed by atoms with Crippen LogP contribution >= 0.6 is 0 Å². The largest absolute Gasteiger partial charge is 0.507 e. The maximum atomic E-state index is 12.8. The van der Waals surface area contributed by atoms with Gasteiger partial charge >= 0.3 is 0 Å². The van der Waals surface area contributed by atoms with Crippen molar-refractivity contribution in [1.29, 1.82) is 0 Å². The van der Waals surface area contributed by atoms with Gasteiger partial charge in [0.1, 0.15) is 11.6 Å². The Hall–Kier alpha value is -7.91. The molecule has 11 rings (SSSR count). The molecule has 0 atom stereocenters. The maximum Gasteiger partial charge on any atom is 0.148 e. The van der Waals surface area contributed by atoms with E-state index in [9.17, 15) is 5.11 Å². The van der Waals surface area contributed by atoms with Gasteiger partial charge in [0.15, 0.2) is 0 Å². The van der Waals surface area contributed by atoms with Gasteiger partial charge in [0.25, 0.3) is 0 Å². The molecule has 0 unspecified atom stereocenters. The Morgan fingerprint density at radius 3 is 1.61 bits per heavy atom. The Labute approximate surface area is 463 Å². The van der Waals surface area contributed by atoms with E-state index >= 15 is 0 Å². The molecule has 0 aliphatic heterocycles. The van der Waals surface area contributed by atoms with Crippen LogP contribution in [0.3, 0.4) is 0 Å². The van der Waals surface area contributed by atoms with Crippen molar-refractivity contribution in [3.63, 3.8) is 0 Å². The minimum atomic E-state index is -0.242. The minimum Gasteiger partial charge on any atom is -0.507 e. The molecule has 0 spiro atoms. The summed E-state index contributed by atoms with van der Waals surface area (Å²) in [4.78, 5) is 10.8. The van der Waals surface area contributed by atoms with Crippen molar-refractivity contribution in [2.24, 2.45) is 0 Å². The summed E-state index contributed by atoms with van der Waals surface area (Å²) < 4.78 is 2.27. The molecule has 11 aromatic rings. The number of para-hydroxylation sites is 1. The number of benzene rings is 9. The molecular formula is C71H62N3OPt-. The van der Waals surface area contributed by atoms with Gasteiger partial charge in [0, 0.05) is 49.5 Å². The molecule has 2 heterocycles. The number of aromatic nitrogens is 3. The van der Waals surface area contributed by atoms with Gasteiger partial charge in [-0.25, -0.2) is 4.98 Å². The third-order valence-electron chi connectivity index (χ3n) is 14.9. The summed E-state index contributed by atoms with van der Waals surface area (Å²) in [5.74, 6) is 0.824. The van der Waals surface area contributed by atoms with E-state index in [4.69, 9.17) is 9.97 Å². The second-order valence-electron chi connectivity index (χ2n) is 22.4. The SMILES string of the molecule is CC(C)(C)c1ccc(-n2c(-c3cc(C(C)(C)C)cc(-c4ccccc4)c3O)nc3c(-c4[c-]c(-c5cc(-c6cccc(C(C)(C)c7ccccc7)c6)ccn5)cc(-c5ccccc5)c4)cccc32)c(-c2ccccc2)c1.[Pt]. The number of phenolic OH excluding ortho intramolecular Hbond substituents is 1. The predicted molar refractivity (Wildman–Crippen MR) is 313 cm³/mol. The van der Waals surface area contributed by atoms with Crippen molar-refractivity contribution in [2.45, 2.75) is 71.6 Å². The minimum absolute atomic E-state index is 0. The van der Waals surface area contributed by atoms with E-state index < -0.39 is 0 Å². The topological polar surface area (TPSA) is 50.9 Å². The van der Waals surface area contributed by atoms with Gasteiger partial charge in [0.05, 0.1) is 22.3 Å². The average molecular weight is 1170 g/mol. The number of hydrogen-bond donors (Lipinski definition) is 1. The molecule has 0 aliphatic rings. The van der Waals surface area contributed by atoms with Crippen LogP contribution in [0.15, 0.2) is 225 Å². The van der Waals surface area contributed by atoms with Crippen molar-refractivity contribution >= 4 is 11.0 Å². The molecule has 0 radical (unpaired) electrons. The molecule has 0 fully saturated rings. The zero-order chi connectivity index (χ0) is 52.1. The molecule has 0 aliphatic carbocycles. The molecule has 2 aromatic heterocycles. The van der Waals surface area contributed by atoms with Crippen LogP contribution < -0.4 is 0 Å². The first-order chi connectivity index (χ1) is 36.1. The summed E-state index contributed by atoms with van der Waals surface area (Å²) in [7, 11) is 0. The fraction of sp³-hybridized carbons (Fsp3) is 0.155. The number of imidazole rings is 1. The maximum absolute atomic E-state index is 12.8. The summed E-state index contributed by atoms with van der Waals surface area (Å²) in [6, 6.07) is 81.0. The van der Waals surface area contributed by atoms with Crippen LogP contribution in [-0.2, 0) is 37.3 Å². The molecular weight excluding hydrogens is 1110 g/mol. The van der Waals surface area contributed by atoms with E-state index in [0.717, 1.165) is 89.2 Å².